The van der Waals surface area contributed by atoms with Gasteiger partial charge >= 0.3 is 6.03 Å². The smallest absolute Gasteiger partial charge is 0.318 e. The van der Waals surface area contributed by atoms with Crippen LogP contribution in [0.4, 0.5) is 4.79 Å². The second-order valence-corrected chi connectivity index (χ2v) is 7.76. The molecule has 0 radical (unpaired) electrons. The van der Waals surface area contributed by atoms with E-state index in [2.05, 4.69) is 17.4 Å². The van der Waals surface area contributed by atoms with Gasteiger partial charge < -0.3 is 10.2 Å². The predicted molar refractivity (Wildman–Crippen MR) is 98.6 cm³/mol. The van der Waals surface area contributed by atoms with Crippen LogP contribution in [0.25, 0.3) is 0 Å². The number of nitrogens with zero attached hydrogens (tertiary/aromatic N) is 1. The lowest BCUT2D eigenvalue weighted by Crippen LogP contribution is -2.75. The zero-order chi connectivity index (χ0) is 17.9. The van der Waals surface area contributed by atoms with Crippen LogP contribution in [0, 0.1) is 11.3 Å². The largest absolute Gasteiger partial charge is 0.330 e. The molecule has 26 heavy (non-hydrogen) atoms. The van der Waals surface area contributed by atoms with Gasteiger partial charge in [0.2, 0.25) is 0 Å². The molecule has 4 nitrogen and oxygen atoms in total. The molecule has 132 valence electrons. The highest BCUT2D eigenvalue weighted by Crippen LogP contribution is 2.69. The Hall–Kier alpha value is -2.62. The van der Waals surface area contributed by atoms with Gasteiger partial charge in [-0.25, -0.2) is 4.79 Å². The maximum Gasteiger partial charge on any atom is 0.318 e. The molecule has 2 saturated heterocycles. The van der Waals surface area contributed by atoms with Crippen molar-refractivity contribution in [2.75, 3.05) is 6.54 Å². The van der Waals surface area contributed by atoms with Crippen molar-refractivity contribution < 1.29 is 9.59 Å². The first-order valence-corrected chi connectivity index (χ1v) is 9.33. The number of carbonyl (C=O) groups is 2. The number of urea groups is 1. The van der Waals surface area contributed by atoms with Crippen LogP contribution in [0.5, 0.6) is 0 Å². The fourth-order valence-electron chi connectivity index (χ4n) is 5.92. The number of hydrogen-bond donors (Lipinski definition) is 1. The number of rotatable bonds is 3. The van der Waals surface area contributed by atoms with Crippen LogP contribution in [-0.4, -0.2) is 29.3 Å². The summed E-state index contributed by atoms with van der Waals surface area (Å²) in [4.78, 5) is 27.8. The summed E-state index contributed by atoms with van der Waals surface area (Å²) in [6.45, 7) is 2.44. The van der Waals surface area contributed by atoms with Crippen molar-refractivity contribution in [2.24, 2.45) is 11.3 Å². The second-order valence-electron chi connectivity index (χ2n) is 7.76. The Morgan fingerprint density at radius 2 is 1.65 bits per heavy atom. The van der Waals surface area contributed by atoms with E-state index in [1.165, 1.54) is 5.56 Å². The Labute approximate surface area is 153 Å². The van der Waals surface area contributed by atoms with Crippen molar-refractivity contribution in [3.63, 3.8) is 0 Å². The fraction of sp³-hybridized carbons (Fsp3) is 0.364. The lowest BCUT2D eigenvalue weighted by atomic mass is 9.43. The molecular weight excluding hydrogens is 324 g/mol. The molecule has 2 aliphatic heterocycles. The Kier molecular flexibility index (Phi) is 3.27. The number of hydrogen-bond acceptors (Lipinski definition) is 2. The van der Waals surface area contributed by atoms with Gasteiger partial charge in [0.05, 0.1) is 17.5 Å². The maximum atomic E-state index is 13.2. The highest BCUT2D eigenvalue weighted by molar-refractivity contribution is 5.92. The van der Waals surface area contributed by atoms with Crippen molar-refractivity contribution in [3.8, 4) is 0 Å². The molecule has 2 amide bonds. The van der Waals surface area contributed by atoms with E-state index >= 15 is 0 Å². The zero-order valence-electron chi connectivity index (χ0n) is 14.8. The molecule has 5 rings (SSSR count). The SMILES string of the molecule is CC(=O)[C@@]12C3[C@@H](CCN3C(=O)N[C@H]1c1ccccc1)[C@H]2c1ccccc1. The van der Waals surface area contributed by atoms with E-state index in [0.29, 0.717) is 5.92 Å². The fourth-order valence-corrected chi connectivity index (χ4v) is 5.92. The third-order valence-electron chi connectivity index (χ3n) is 6.78. The van der Waals surface area contributed by atoms with E-state index in [1.54, 1.807) is 6.92 Å². The minimum absolute atomic E-state index is 0.00385. The highest BCUT2D eigenvalue weighted by atomic mass is 16.2. The summed E-state index contributed by atoms with van der Waals surface area (Å²) in [5.74, 6) is 0.675. The number of ketones is 1. The van der Waals surface area contributed by atoms with Crippen molar-refractivity contribution in [2.45, 2.75) is 31.3 Å². The number of benzene rings is 2. The molecule has 2 aromatic rings. The van der Waals surface area contributed by atoms with E-state index in [1.807, 2.05) is 53.4 Å². The van der Waals surface area contributed by atoms with Gasteiger partial charge in [-0.1, -0.05) is 60.7 Å². The van der Waals surface area contributed by atoms with Gasteiger partial charge in [-0.2, -0.15) is 0 Å². The van der Waals surface area contributed by atoms with Crippen molar-refractivity contribution in [1.29, 1.82) is 0 Å². The molecule has 0 aromatic heterocycles. The van der Waals surface area contributed by atoms with Crippen molar-refractivity contribution >= 4 is 11.8 Å². The van der Waals surface area contributed by atoms with E-state index < -0.39 is 5.41 Å². The molecule has 3 aliphatic rings. The van der Waals surface area contributed by atoms with Crippen LogP contribution in [-0.2, 0) is 4.79 Å². The summed E-state index contributed by atoms with van der Waals surface area (Å²) in [7, 11) is 0. The van der Waals surface area contributed by atoms with Gasteiger partial charge in [0.25, 0.3) is 0 Å². The lowest BCUT2D eigenvalue weighted by molar-refractivity contribution is -0.155. The third-order valence-corrected chi connectivity index (χ3v) is 6.78. The average Bonchev–Trinajstić information content (AvgIpc) is 3.05. The minimum atomic E-state index is -0.599. The number of Topliss-reactive ketones (excluding diaryl/α,β-unsaturated/α-hetero) is 1. The third kappa shape index (κ3) is 1.79. The van der Waals surface area contributed by atoms with Crippen LogP contribution in [0.1, 0.15) is 36.4 Å². The Morgan fingerprint density at radius 3 is 2.27 bits per heavy atom. The van der Waals surface area contributed by atoms with Gasteiger partial charge in [-0.3, -0.25) is 4.79 Å². The first-order valence-electron chi connectivity index (χ1n) is 9.33. The van der Waals surface area contributed by atoms with Gasteiger partial charge in [0.1, 0.15) is 5.78 Å². The summed E-state index contributed by atoms with van der Waals surface area (Å²) in [6.07, 6.45) is 0.966. The molecule has 0 spiro atoms. The van der Waals surface area contributed by atoms with E-state index in [-0.39, 0.29) is 29.8 Å². The van der Waals surface area contributed by atoms with Gasteiger partial charge in [0.15, 0.2) is 0 Å². The summed E-state index contributed by atoms with van der Waals surface area (Å²) < 4.78 is 0. The summed E-state index contributed by atoms with van der Waals surface area (Å²) in [6, 6.07) is 20.0. The van der Waals surface area contributed by atoms with E-state index in [4.69, 9.17) is 0 Å². The second kappa shape index (κ2) is 5.44. The summed E-state index contributed by atoms with van der Waals surface area (Å²) >= 11 is 0. The molecular formula is C22H22N2O2. The van der Waals surface area contributed by atoms with Crippen LogP contribution in [0.2, 0.25) is 0 Å². The molecule has 1 saturated carbocycles. The first kappa shape index (κ1) is 15.6. The van der Waals surface area contributed by atoms with E-state index in [9.17, 15) is 9.59 Å². The molecule has 5 atom stereocenters. The molecule has 3 fully saturated rings. The van der Waals surface area contributed by atoms with Crippen LogP contribution >= 0.6 is 0 Å². The van der Waals surface area contributed by atoms with Gasteiger partial charge in [-0.05, 0) is 30.4 Å². The zero-order valence-corrected chi connectivity index (χ0v) is 14.8. The summed E-state index contributed by atoms with van der Waals surface area (Å²) in [5, 5.41) is 3.18. The molecule has 1 N–H and O–H groups in total. The Balaban J connectivity index is 1.71. The molecule has 2 heterocycles. The molecule has 2 aromatic carbocycles. The molecule has 4 heteroatoms. The topological polar surface area (TPSA) is 49.4 Å². The molecule has 1 aliphatic carbocycles. The number of amides is 2. The van der Waals surface area contributed by atoms with E-state index in [0.717, 1.165) is 18.5 Å². The maximum absolute atomic E-state index is 13.2. The minimum Gasteiger partial charge on any atom is -0.330 e. The van der Waals surface area contributed by atoms with Crippen LogP contribution in [0.3, 0.4) is 0 Å². The van der Waals surface area contributed by atoms with Gasteiger partial charge in [0, 0.05) is 12.5 Å². The number of nitrogens with one attached hydrogen (secondary N) is 1. The molecule has 0 bridgehead atoms. The average molecular weight is 346 g/mol. The van der Waals surface area contributed by atoms with Crippen molar-refractivity contribution in [3.05, 3.63) is 71.8 Å². The summed E-state index contributed by atoms with van der Waals surface area (Å²) in [5.41, 5.74) is 1.63. The lowest BCUT2D eigenvalue weighted by Gasteiger charge is -2.65. The van der Waals surface area contributed by atoms with Crippen molar-refractivity contribution in [1.82, 2.24) is 10.2 Å². The highest BCUT2D eigenvalue weighted by Gasteiger charge is 2.74. The van der Waals surface area contributed by atoms with Crippen LogP contribution < -0.4 is 5.32 Å². The Bertz CT molecular complexity index is 866. The van der Waals surface area contributed by atoms with Gasteiger partial charge in [-0.15, -0.1) is 0 Å². The monoisotopic (exact) mass is 346 g/mol. The Morgan fingerprint density at radius 1 is 1.04 bits per heavy atom. The normalized spacial score (nSPS) is 34.7. The predicted octanol–water partition coefficient (Wildman–Crippen LogP) is 3.51. The quantitative estimate of drug-likeness (QED) is 0.924. The number of carbonyl (C=O) groups excluding carboxylic acids is 2. The molecule has 1 unspecified atom stereocenters. The van der Waals surface area contributed by atoms with Crippen LogP contribution in [0.15, 0.2) is 60.7 Å². The standard InChI is InChI=1S/C22H22N2O2/c1-14(25)22-18(15-8-4-2-5-9-15)17-12-13-24(20(17)22)21(26)23-19(22)16-10-6-3-7-11-16/h2-11,17-20H,12-13H2,1H3,(H,23,26)/t17-,18+,19-,20?,22-/m0/s1. The first-order chi connectivity index (χ1) is 12.7.